The van der Waals surface area contributed by atoms with Gasteiger partial charge in [0.25, 0.3) is 0 Å². The van der Waals surface area contributed by atoms with Crippen molar-refractivity contribution >= 4 is 19.6 Å². The summed E-state index contributed by atoms with van der Waals surface area (Å²) < 4.78 is 0. The van der Waals surface area contributed by atoms with Crippen LogP contribution in [-0.2, 0) is 6.54 Å². The fraction of sp³-hybridized carbons (Fsp3) is 0.111. The first-order valence-electron chi connectivity index (χ1n) is 3.95. The highest BCUT2D eigenvalue weighted by molar-refractivity contribution is 6.57. The summed E-state index contributed by atoms with van der Waals surface area (Å²) in [7, 11) is 4.87. The molecular weight excluding hydrogens is 181 g/mol. The van der Waals surface area contributed by atoms with E-state index in [1.54, 1.807) is 12.1 Å². The Bertz CT molecular complexity index is 348. The first-order valence-corrected chi connectivity index (χ1v) is 3.95. The molecule has 0 fully saturated rings. The van der Waals surface area contributed by atoms with E-state index in [9.17, 15) is 9.59 Å². The number of hydrogen-bond donors (Lipinski definition) is 2. The van der Waals surface area contributed by atoms with Gasteiger partial charge in [-0.1, -0.05) is 12.1 Å². The molecule has 4 nitrogen and oxygen atoms in total. The number of aromatic carboxylic acids is 1. The van der Waals surface area contributed by atoms with Crippen LogP contribution in [0.3, 0.4) is 0 Å². The predicted molar refractivity (Wildman–Crippen MR) is 51.4 cm³/mol. The van der Waals surface area contributed by atoms with E-state index < -0.39 is 11.8 Å². The van der Waals surface area contributed by atoms with Crippen molar-refractivity contribution < 1.29 is 14.7 Å². The maximum absolute atomic E-state index is 10.5. The van der Waals surface area contributed by atoms with Crippen LogP contribution in [0.1, 0.15) is 15.9 Å². The summed E-state index contributed by atoms with van der Waals surface area (Å²) in [5, 5.41) is 11.0. The van der Waals surface area contributed by atoms with E-state index in [1.807, 2.05) is 0 Å². The highest BCUT2D eigenvalue weighted by Gasteiger charge is 2.01. The molecule has 2 N–H and O–H groups in total. The van der Waals surface area contributed by atoms with Crippen LogP contribution in [0.5, 0.6) is 0 Å². The molecule has 1 rings (SSSR count). The van der Waals surface area contributed by atoms with E-state index in [0.717, 1.165) is 5.56 Å². The highest BCUT2D eigenvalue weighted by Crippen LogP contribution is 2.03. The third-order valence-corrected chi connectivity index (χ3v) is 1.67. The minimum Gasteiger partial charge on any atom is -0.478 e. The maximum Gasteiger partial charge on any atom is 0.335 e. The Hall–Kier alpha value is -1.78. The fourth-order valence-electron chi connectivity index (χ4n) is 0.954. The number of rotatable bonds is 3. The molecule has 0 atom stereocenters. The molecule has 0 unspecified atom stereocenters. The Kier molecular flexibility index (Phi) is 3.28. The third-order valence-electron chi connectivity index (χ3n) is 1.67. The zero-order valence-corrected chi connectivity index (χ0v) is 7.36. The lowest BCUT2D eigenvalue weighted by Crippen LogP contribution is -2.20. The van der Waals surface area contributed by atoms with E-state index in [4.69, 9.17) is 13.0 Å². The summed E-state index contributed by atoms with van der Waals surface area (Å²) in [5.74, 6) is -1.58. The molecule has 2 radical (unpaired) electrons. The van der Waals surface area contributed by atoms with Gasteiger partial charge in [0.15, 0.2) is 5.81 Å². The van der Waals surface area contributed by atoms with Gasteiger partial charge in [-0.25, -0.2) is 4.79 Å². The number of carbonyl (C=O) groups is 2. The topological polar surface area (TPSA) is 66.4 Å². The Balaban J connectivity index is 2.64. The van der Waals surface area contributed by atoms with Crippen molar-refractivity contribution in [2.75, 3.05) is 0 Å². The standard InChI is InChI=1S/C9H8BNO3/c10-9(14)11-5-6-1-3-7(4-2-6)8(12)13/h1-4H,5H2,(H,11,14)(H,12,13). The number of amides is 1. The van der Waals surface area contributed by atoms with Crippen LogP contribution in [0, 0.1) is 0 Å². The minimum absolute atomic E-state index is 0.216. The molecule has 0 saturated carbocycles. The number of carbonyl (C=O) groups excluding carboxylic acids is 1. The van der Waals surface area contributed by atoms with Crippen molar-refractivity contribution in [2.24, 2.45) is 0 Å². The van der Waals surface area contributed by atoms with E-state index >= 15 is 0 Å². The monoisotopic (exact) mass is 189 g/mol. The second-order valence-electron chi connectivity index (χ2n) is 2.72. The number of benzene rings is 1. The van der Waals surface area contributed by atoms with Crippen molar-refractivity contribution in [3.8, 4) is 0 Å². The van der Waals surface area contributed by atoms with Crippen molar-refractivity contribution in [3.63, 3.8) is 0 Å². The van der Waals surface area contributed by atoms with Crippen LogP contribution in [0.2, 0.25) is 0 Å². The molecule has 0 bridgehead atoms. The van der Waals surface area contributed by atoms with Gasteiger partial charge in [-0.15, -0.1) is 0 Å². The van der Waals surface area contributed by atoms with Gasteiger partial charge >= 0.3 is 5.97 Å². The molecule has 1 aromatic rings. The van der Waals surface area contributed by atoms with Crippen LogP contribution in [0.4, 0.5) is 4.79 Å². The van der Waals surface area contributed by atoms with Crippen LogP contribution in [0.25, 0.3) is 0 Å². The van der Waals surface area contributed by atoms with Gasteiger partial charge in [0.1, 0.15) is 0 Å². The molecule has 0 aliphatic heterocycles. The van der Waals surface area contributed by atoms with Gasteiger partial charge in [0.05, 0.1) is 5.56 Å². The average molecular weight is 189 g/mol. The second-order valence-corrected chi connectivity index (χ2v) is 2.72. The molecule has 1 aromatic carbocycles. The predicted octanol–water partition coefficient (Wildman–Crippen LogP) is 0.763. The molecule has 14 heavy (non-hydrogen) atoms. The van der Waals surface area contributed by atoms with Gasteiger partial charge in [0.2, 0.25) is 7.85 Å². The first-order chi connectivity index (χ1) is 6.59. The second kappa shape index (κ2) is 4.46. The normalized spacial score (nSPS) is 9.43. The lowest BCUT2D eigenvalue weighted by molar-refractivity contribution is 0.0697. The van der Waals surface area contributed by atoms with Crippen molar-refractivity contribution in [3.05, 3.63) is 35.4 Å². The number of carboxylic acids is 1. The fourth-order valence-corrected chi connectivity index (χ4v) is 0.954. The van der Waals surface area contributed by atoms with E-state index in [1.165, 1.54) is 12.1 Å². The first kappa shape index (κ1) is 10.3. The average Bonchev–Trinajstić information content (AvgIpc) is 2.15. The van der Waals surface area contributed by atoms with Crippen LogP contribution >= 0.6 is 0 Å². The molecule has 0 heterocycles. The SMILES string of the molecule is [B]C(=O)NCc1ccc(C(=O)O)cc1. The third kappa shape index (κ3) is 2.93. The smallest absolute Gasteiger partial charge is 0.335 e. The summed E-state index contributed by atoms with van der Waals surface area (Å²) in [5.41, 5.74) is 1.02. The molecule has 70 valence electrons. The van der Waals surface area contributed by atoms with Crippen molar-refractivity contribution in [2.45, 2.75) is 6.54 Å². The van der Waals surface area contributed by atoms with Crippen LogP contribution in [0.15, 0.2) is 24.3 Å². The lowest BCUT2D eigenvalue weighted by Gasteiger charge is -2.02. The zero-order chi connectivity index (χ0) is 10.6. The van der Waals surface area contributed by atoms with Gasteiger partial charge in [-0.2, -0.15) is 0 Å². The quantitative estimate of drug-likeness (QED) is 0.689. The molecule has 0 spiro atoms. The van der Waals surface area contributed by atoms with Gasteiger partial charge in [-0.3, -0.25) is 4.79 Å². The lowest BCUT2D eigenvalue weighted by atomic mass is 10.1. The maximum atomic E-state index is 10.5. The van der Waals surface area contributed by atoms with Gasteiger partial charge < -0.3 is 10.4 Å². The van der Waals surface area contributed by atoms with E-state index in [0.29, 0.717) is 6.54 Å². The number of hydrogen-bond acceptors (Lipinski definition) is 2. The Morgan fingerprint density at radius 2 is 1.86 bits per heavy atom. The summed E-state index contributed by atoms with van der Waals surface area (Å²) in [6.45, 7) is 0.301. The largest absolute Gasteiger partial charge is 0.478 e. The Labute approximate surface area is 82.3 Å². The molecule has 0 aliphatic carbocycles. The highest BCUT2D eigenvalue weighted by atomic mass is 16.4. The zero-order valence-electron chi connectivity index (χ0n) is 7.36. The minimum atomic E-state index is -0.973. The van der Waals surface area contributed by atoms with Crippen LogP contribution < -0.4 is 5.32 Å². The van der Waals surface area contributed by atoms with Gasteiger partial charge in [-0.05, 0) is 17.7 Å². The van der Waals surface area contributed by atoms with Gasteiger partial charge in [0, 0.05) is 6.54 Å². The molecule has 0 saturated heterocycles. The molecule has 5 heteroatoms. The van der Waals surface area contributed by atoms with Crippen LogP contribution in [-0.4, -0.2) is 24.7 Å². The molecule has 0 aromatic heterocycles. The Morgan fingerprint density at radius 3 is 2.29 bits per heavy atom. The van der Waals surface area contributed by atoms with Crippen molar-refractivity contribution in [1.82, 2.24) is 5.32 Å². The summed E-state index contributed by atoms with van der Waals surface area (Å²) in [6, 6.07) is 6.19. The Morgan fingerprint density at radius 1 is 1.29 bits per heavy atom. The van der Waals surface area contributed by atoms with E-state index in [2.05, 4.69) is 5.32 Å². The molecular formula is C9H8BNO3. The molecule has 1 amide bonds. The summed E-state index contributed by atoms with van der Waals surface area (Å²) in [4.78, 5) is 20.9. The van der Waals surface area contributed by atoms with E-state index in [-0.39, 0.29) is 5.56 Å². The van der Waals surface area contributed by atoms with Crippen molar-refractivity contribution in [1.29, 1.82) is 0 Å². The number of carboxylic acid groups (broad SMARTS) is 1. The summed E-state index contributed by atoms with van der Waals surface area (Å²) >= 11 is 0. The molecule has 0 aliphatic rings. The number of nitrogens with one attached hydrogen (secondary N) is 1. The summed E-state index contributed by atoms with van der Waals surface area (Å²) in [6.07, 6.45) is 0.